The van der Waals surface area contributed by atoms with Gasteiger partial charge < -0.3 is 20.8 Å². The van der Waals surface area contributed by atoms with Gasteiger partial charge in [-0.2, -0.15) is 0 Å². The zero-order valence-corrected chi connectivity index (χ0v) is 14.8. The SMILES string of the molecule is C=C(NC(C)=O)C(=O)O.CC(=O)NCC(C)=Cc1ccccc1C(=O)O. The lowest BCUT2D eigenvalue weighted by atomic mass is 10.1. The van der Waals surface area contributed by atoms with Crippen LogP contribution in [0.1, 0.15) is 36.7 Å². The molecule has 8 heteroatoms. The van der Waals surface area contributed by atoms with Gasteiger partial charge in [-0.15, -0.1) is 0 Å². The zero-order valence-electron chi connectivity index (χ0n) is 14.8. The number of rotatable bonds is 6. The molecule has 1 aromatic carbocycles. The number of aromatic carboxylic acids is 1. The summed E-state index contributed by atoms with van der Waals surface area (Å²) in [5.41, 5.74) is 1.49. The van der Waals surface area contributed by atoms with Crippen LogP contribution in [0.3, 0.4) is 0 Å². The van der Waals surface area contributed by atoms with Crippen molar-refractivity contribution in [1.29, 1.82) is 0 Å². The van der Waals surface area contributed by atoms with E-state index in [4.69, 9.17) is 10.2 Å². The Morgan fingerprint density at radius 1 is 1.04 bits per heavy atom. The fraction of sp³-hybridized carbons (Fsp3) is 0.222. The van der Waals surface area contributed by atoms with E-state index in [0.29, 0.717) is 12.1 Å². The van der Waals surface area contributed by atoms with Crippen LogP contribution in [0.25, 0.3) is 6.08 Å². The summed E-state index contributed by atoms with van der Waals surface area (Å²) >= 11 is 0. The molecule has 8 nitrogen and oxygen atoms in total. The van der Waals surface area contributed by atoms with E-state index in [2.05, 4.69) is 11.9 Å². The molecule has 4 N–H and O–H groups in total. The molecule has 140 valence electrons. The molecule has 0 radical (unpaired) electrons. The second-order valence-corrected chi connectivity index (χ2v) is 5.26. The second-order valence-electron chi connectivity index (χ2n) is 5.26. The largest absolute Gasteiger partial charge is 0.478 e. The Labute approximate surface area is 151 Å². The molecule has 0 saturated carbocycles. The van der Waals surface area contributed by atoms with E-state index >= 15 is 0 Å². The van der Waals surface area contributed by atoms with E-state index in [1.54, 1.807) is 30.3 Å². The molecular formula is C18H22N2O6. The highest BCUT2D eigenvalue weighted by atomic mass is 16.4. The van der Waals surface area contributed by atoms with Crippen LogP contribution < -0.4 is 10.6 Å². The Bertz CT molecular complexity index is 737. The molecule has 0 aliphatic carbocycles. The van der Waals surface area contributed by atoms with Crippen LogP contribution in [-0.4, -0.2) is 40.5 Å². The van der Waals surface area contributed by atoms with Gasteiger partial charge in [0.2, 0.25) is 11.8 Å². The highest BCUT2D eigenvalue weighted by molar-refractivity contribution is 5.92. The smallest absolute Gasteiger partial charge is 0.351 e. The van der Waals surface area contributed by atoms with Gasteiger partial charge in [0.05, 0.1) is 5.56 Å². The highest BCUT2D eigenvalue weighted by Gasteiger charge is 2.07. The third kappa shape index (κ3) is 9.66. The van der Waals surface area contributed by atoms with Gasteiger partial charge in [-0.3, -0.25) is 9.59 Å². The first-order chi connectivity index (χ1) is 12.0. The average Bonchev–Trinajstić information content (AvgIpc) is 2.53. The number of carbonyl (C=O) groups excluding carboxylic acids is 2. The van der Waals surface area contributed by atoms with E-state index in [0.717, 1.165) is 5.57 Å². The maximum Gasteiger partial charge on any atom is 0.351 e. The number of amides is 2. The van der Waals surface area contributed by atoms with Crippen molar-refractivity contribution >= 4 is 29.8 Å². The normalized spacial score (nSPS) is 10.0. The van der Waals surface area contributed by atoms with Gasteiger partial charge in [0.15, 0.2) is 0 Å². The molecule has 2 amide bonds. The molecule has 0 atom stereocenters. The quantitative estimate of drug-likeness (QED) is 0.569. The summed E-state index contributed by atoms with van der Waals surface area (Å²) in [6.45, 7) is 7.98. The third-order valence-corrected chi connectivity index (χ3v) is 2.79. The Balaban J connectivity index is 0.000000590. The average molecular weight is 362 g/mol. The van der Waals surface area contributed by atoms with Gasteiger partial charge in [0.1, 0.15) is 5.70 Å². The van der Waals surface area contributed by atoms with E-state index in [9.17, 15) is 19.2 Å². The van der Waals surface area contributed by atoms with Gasteiger partial charge in [-0.25, -0.2) is 9.59 Å². The molecule has 0 aliphatic rings. The summed E-state index contributed by atoms with van der Waals surface area (Å²) in [5.74, 6) is -2.71. The molecule has 1 rings (SSSR count). The fourth-order valence-corrected chi connectivity index (χ4v) is 1.66. The molecule has 0 aliphatic heterocycles. The molecular weight excluding hydrogens is 340 g/mol. The minimum Gasteiger partial charge on any atom is -0.478 e. The second kappa shape index (κ2) is 11.2. The molecule has 1 aromatic rings. The highest BCUT2D eigenvalue weighted by Crippen LogP contribution is 2.12. The van der Waals surface area contributed by atoms with Crippen LogP contribution in [0, 0.1) is 0 Å². The number of carboxylic acid groups (broad SMARTS) is 2. The summed E-state index contributed by atoms with van der Waals surface area (Å²) in [6, 6.07) is 6.76. The Morgan fingerprint density at radius 2 is 1.62 bits per heavy atom. The van der Waals surface area contributed by atoms with Gasteiger partial charge in [0.25, 0.3) is 0 Å². The van der Waals surface area contributed by atoms with Crippen LogP contribution in [-0.2, 0) is 14.4 Å². The van der Waals surface area contributed by atoms with Crippen molar-refractivity contribution in [2.75, 3.05) is 6.54 Å². The van der Waals surface area contributed by atoms with Crippen molar-refractivity contribution in [2.24, 2.45) is 0 Å². The predicted octanol–water partition coefficient (Wildman–Crippen LogP) is 1.65. The van der Waals surface area contributed by atoms with Crippen LogP contribution in [0.4, 0.5) is 0 Å². The lowest BCUT2D eigenvalue weighted by molar-refractivity contribution is -0.134. The first kappa shape index (κ1) is 22.6. The molecule has 0 heterocycles. The van der Waals surface area contributed by atoms with Crippen molar-refractivity contribution in [3.63, 3.8) is 0 Å². The zero-order chi connectivity index (χ0) is 20.3. The van der Waals surface area contributed by atoms with E-state index in [1.165, 1.54) is 13.8 Å². The van der Waals surface area contributed by atoms with Crippen LogP contribution in [0.2, 0.25) is 0 Å². The summed E-state index contributed by atoms with van der Waals surface area (Å²) in [4.78, 5) is 41.8. The van der Waals surface area contributed by atoms with Gasteiger partial charge in [-0.05, 0) is 18.6 Å². The number of aliphatic carboxylic acids is 1. The maximum absolute atomic E-state index is 11.0. The Kier molecular flexibility index (Phi) is 9.72. The van der Waals surface area contributed by atoms with Crippen molar-refractivity contribution in [2.45, 2.75) is 20.8 Å². The van der Waals surface area contributed by atoms with Gasteiger partial charge >= 0.3 is 11.9 Å². The minimum absolute atomic E-state index is 0.107. The first-order valence-electron chi connectivity index (χ1n) is 7.48. The molecule has 0 unspecified atom stereocenters. The van der Waals surface area contributed by atoms with Gasteiger partial charge in [-0.1, -0.05) is 36.4 Å². The number of carbonyl (C=O) groups is 4. The van der Waals surface area contributed by atoms with Crippen LogP contribution in [0.5, 0.6) is 0 Å². The summed E-state index contributed by atoms with van der Waals surface area (Å²) in [7, 11) is 0. The number of hydrogen-bond donors (Lipinski definition) is 4. The number of hydrogen-bond acceptors (Lipinski definition) is 4. The Hall–Kier alpha value is -3.42. The van der Waals surface area contributed by atoms with Crippen molar-refractivity contribution in [1.82, 2.24) is 10.6 Å². The summed E-state index contributed by atoms with van der Waals surface area (Å²) in [5, 5.41) is 21.8. The number of benzene rings is 1. The first-order valence-corrected chi connectivity index (χ1v) is 7.48. The van der Waals surface area contributed by atoms with Crippen LogP contribution in [0.15, 0.2) is 42.1 Å². The number of carboxylic acids is 2. The lowest BCUT2D eigenvalue weighted by Crippen LogP contribution is -2.23. The predicted molar refractivity (Wildman–Crippen MR) is 96.3 cm³/mol. The lowest BCUT2D eigenvalue weighted by Gasteiger charge is -2.04. The summed E-state index contributed by atoms with van der Waals surface area (Å²) in [6.07, 6.45) is 1.76. The third-order valence-electron chi connectivity index (χ3n) is 2.79. The van der Waals surface area contributed by atoms with Gasteiger partial charge in [0, 0.05) is 20.4 Å². The van der Waals surface area contributed by atoms with Crippen LogP contribution >= 0.6 is 0 Å². The standard InChI is InChI=1S/C13H15NO3.C5H7NO3/c1-9(8-14-10(2)15)7-11-5-3-4-6-12(11)13(16)17;1-3(5(8)9)6-4(2)7/h3-7H,8H2,1-2H3,(H,14,15)(H,16,17);1H2,2H3,(H,6,7)(H,8,9). The van der Waals surface area contributed by atoms with E-state index in [-0.39, 0.29) is 17.2 Å². The van der Waals surface area contributed by atoms with Crippen molar-refractivity contribution in [3.8, 4) is 0 Å². The molecule has 0 fully saturated rings. The maximum atomic E-state index is 11.0. The fourth-order valence-electron chi connectivity index (χ4n) is 1.66. The molecule has 0 saturated heterocycles. The minimum atomic E-state index is -1.22. The molecule has 26 heavy (non-hydrogen) atoms. The van der Waals surface area contributed by atoms with Crippen molar-refractivity contribution < 1.29 is 29.4 Å². The van der Waals surface area contributed by atoms with Crippen molar-refractivity contribution in [3.05, 3.63) is 53.2 Å². The molecule has 0 aromatic heterocycles. The molecule has 0 bridgehead atoms. The molecule has 0 spiro atoms. The summed E-state index contributed by atoms with van der Waals surface area (Å²) < 4.78 is 0. The number of nitrogens with one attached hydrogen (secondary N) is 2. The topological polar surface area (TPSA) is 133 Å². The Morgan fingerprint density at radius 3 is 2.04 bits per heavy atom. The van der Waals surface area contributed by atoms with E-state index in [1.807, 2.05) is 12.2 Å². The van der Waals surface area contributed by atoms with E-state index < -0.39 is 17.8 Å². The monoisotopic (exact) mass is 362 g/mol.